The van der Waals surface area contributed by atoms with E-state index >= 15 is 0 Å². The van der Waals surface area contributed by atoms with E-state index in [-0.39, 0.29) is 18.4 Å². The van der Waals surface area contributed by atoms with E-state index < -0.39 is 11.6 Å². The number of hydrogen-bond acceptors (Lipinski definition) is 4. The standard InChI is InChI=1S/C6H11NO3.ClH/c1-10-5(8)6(9)2-4(7)3-6;/h4,9H,2-3,7H2,1H3;1H. The molecule has 0 spiro atoms. The van der Waals surface area contributed by atoms with Gasteiger partial charge in [0, 0.05) is 18.9 Å². The lowest BCUT2D eigenvalue weighted by Gasteiger charge is -2.38. The van der Waals surface area contributed by atoms with Crippen LogP contribution >= 0.6 is 12.4 Å². The van der Waals surface area contributed by atoms with Gasteiger partial charge in [-0.2, -0.15) is 0 Å². The van der Waals surface area contributed by atoms with Crippen molar-refractivity contribution in [3.05, 3.63) is 0 Å². The molecule has 0 aromatic carbocycles. The number of esters is 1. The highest BCUT2D eigenvalue weighted by atomic mass is 35.5. The molecule has 0 amide bonds. The first-order chi connectivity index (χ1) is 4.58. The number of carbonyl (C=O) groups is 1. The molecule has 4 nitrogen and oxygen atoms in total. The Kier molecular flexibility index (Phi) is 3.29. The van der Waals surface area contributed by atoms with E-state index in [2.05, 4.69) is 4.74 Å². The van der Waals surface area contributed by atoms with Crippen LogP contribution in [0.15, 0.2) is 0 Å². The Morgan fingerprint density at radius 2 is 2.18 bits per heavy atom. The van der Waals surface area contributed by atoms with Gasteiger partial charge in [-0.25, -0.2) is 4.79 Å². The lowest BCUT2D eigenvalue weighted by atomic mass is 9.76. The van der Waals surface area contributed by atoms with E-state index in [0.717, 1.165) is 0 Å². The Hall–Kier alpha value is -0.320. The van der Waals surface area contributed by atoms with Crippen molar-refractivity contribution in [3.8, 4) is 0 Å². The smallest absolute Gasteiger partial charge is 0.337 e. The van der Waals surface area contributed by atoms with Crippen LogP contribution in [0.4, 0.5) is 0 Å². The van der Waals surface area contributed by atoms with Crippen molar-refractivity contribution >= 4 is 18.4 Å². The van der Waals surface area contributed by atoms with E-state index in [4.69, 9.17) is 5.73 Å². The summed E-state index contributed by atoms with van der Waals surface area (Å²) < 4.78 is 4.36. The normalized spacial score (nSPS) is 35.0. The second kappa shape index (κ2) is 3.38. The first-order valence-electron chi connectivity index (χ1n) is 3.15. The molecule has 3 N–H and O–H groups in total. The van der Waals surface area contributed by atoms with Crippen LogP contribution in [-0.4, -0.2) is 29.8 Å². The minimum absolute atomic E-state index is 0. The Morgan fingerprint density at radius 3 is 2.45 bits per heavy atom. The fourth-order valence-corrected chi connectivity index (χ4v) is 1.16. The predicted molar refractivity (Wildman–Crippen MR) is 41.4 cm³/mol. The van der Waals surface area contributed by atoms with Crippen LogP contribution in [0.1, 0.15) is 12.8 Å². The van der Waals surface area contributed by atoms with Gasteiger partial charge in [0.2, 0.25) is 0 Å². The number of halogens is 1. The first kappa shape index (κ1) is 10.7. The summed E-state index contributed by atoms with van der Waals surface area (Å²) in [6.07, 6.45) is 0.638. The Labute approximate surface area is 71.1 Å². The SMILES string of the molecule is COC(=O)C1(O)CC(N)C1.Cl. The molecule has 0 aromatic heterocycles. The monoisotopic (exact) mass is 181 g/mol. The second-order valence-electron chi connectivity index (χ2n) is 2.69. The zero-order valence-electron chi connectivity index (χ0n) is 6.24. The molecule has 1 aliphatic rings. The van der Waals surface area contributed by atoms with E-state index in [0.29, 0.717) is 12.8 Å². The molecule has 0 atom stereocenters. The average Bonchev–Trinajstić information content (AvgIpc) is 1.83. The summed E-state index contributed by atoms with van der Waals surface area (Å²) >= 11 is 0. The van der Waals surface area contributed by atoms with Gasteiger partial charge in [0.05, 0.1) is 7.11 Å². The highest BCUT2D eigenvalue weighted by molar-refractivity contribution is 5.85. The fourth-order valence-electron chi connectivity index (χ4n) is 1.16. The third-order valence-electron chi connectivity index (χ3n) is 1.77. The maximum atomic E-state index is 10.7. The number of rotatable bonds is 1. The number of aliphatic hydroxyl groups is 1. The Bertz CT molecular complexity index is 156. The van der Waals surface area contributed by atoms with Gasteiger partial charge >= 0.3 is 5.97 Å². The summed E-state index contributed by atoms with van der Waals surface area (Å²) in [6.45, 7) is 0. The van der Waals surface area contributed by atoms with Crippen molar-refractivity contribution in [1.29, 1.82) is 0 Å². The third-order valence-corrected chi connectivity index (χ3v) is 1.77. The van der Waals surface area contributed by atoms with Gasteiger partial charge in [0.1, 0.15) is 0 Å². The molecular formula is C6H12ClNO3. The molecular weight excluding hydrogens is 170 g/mol. The van der Waals surface area contributed by atoms with Crippen LogP contribution in [0, 0.1) is 0 Å². The van der Waals surface area contributed by atoms with Crippen molar-refractivity contribution in [2.24, 2.45) is 5.73 Å². The van der Waals surface area contributed by atoms with Gasteiger partial charge in [-0.1, -0.05) is 0 Å². The van der Waals surface area contributed by atoms with Crippen LogP contribution in [0.2, 0.25) is 0 Å². The average molecular weight is 182 g/mol. The lowest BCUT2D eigenvalue weighted by Crippen LogP contribution is -2.56. The Morgan fingerprint density at radius 1 is 1.73 bits per heavy atom. The van der Waals surface area contributed by atoms with Crippen LogP contribution in [-0.2, 0) is 9.53 Å². The first-order valence-corrected chi connectivity index (χ1v) is 3.15. The zero-order chi connectivity index (χ0) is 7.78. The molecule has 1 fully saturated rings. The van der Waals surface area contributed by atoms with Crippen molar-refractivity contribution in [2.45, 2.75) is 24.5 Å². The quantitative estimate of drug-likeness (QED) is 0.532. The maximum Gasteiger partial charge on any atom is 0.337 e. The maximum absolute atomic E-state index is 10.7. The summed E-state index contributed by atoms with van der Waals surface area (Å²) in [4.78, 5) is 10.7. The number of carbonyl (C=O) groups excluding carboxylic acids is 1. The molecule has 0 saturated heterocycles. The van der Waals surface area contributed by atoms with Crippen LogP contribution in [0.3, 0.4) is 0 Å². The molecule has 0 aromatic rings. The number of ether oxygens (including phenoxy) is 1. The van der Waals surface area contributed by atoms with Gasteiger partial charge in [0.15, 0.2) is 5.60 Å². The predicted octanol–water partition coefficient (Wildman–Crippen LogP) is -0.567. The van der Waals surface area contributed by atoms with Crippen molar-refractivity contribution in [3.63, 3.8) is 0 Å². The van der Waals surface area contributed by atoms with Crippen molar-refractivity contribution in [1.82, 2.24) is 0 Å². The highest BCUT2D eigenvalue weighted by Gasteiger charge is 2.48. The molecule has 0 unspecified atom stereocenters. The van der Waals surface area contributed by atoms with Crippen LogP contribution in [0.25, 0.3) is 0 Å². The van der Waals surface area contributed by atoms with Crippen molar-refractivity contribution < 1.29 is 14.6 Å². The topological polar surface area (TPSA) is 72.5 Å². The van der Waals surface area contributed by atoms with Gasteiger partial charge < -0.3 is 15.6 Å². The molecule has 5 heteroatoms. The van der Waals surface area contributed by atoms with Crippen LogP contribution < -0.4 is 5.73 Å². The molecule has 0 radical (unpaired) electrons. The van der Waals surface area contributed by atoms with Gasteiger partial charge in [-0.3, -0.25) is 0 Å². The van der Waals surface area contributed by atoms with E-state index in [1.807, 2.05) is 0 Å². The summed E-state index contributed by atoms with van der Waals surface area (Å²) in [5.41, 5.74) is 4.10. The molecule has 0 bridgehead atoms. The van der Waals surface area contributed by atoms with Crippen molar-refractivity contribution in [2.75, 3.05) is 7.11 Å². The van der Waals surface area contributed by atoms with Gasteiger partial charge in [-0.05, 0) is 0 Å². The summed E-state index contributed by atoms with van der Waals surface area (Å²) in [7, 11) is 1.25. The minimum Gasteiger partial charge on any atom is -0.467 e. The molecule has 11 heavy (non-hydrogen) atoms. The highest BCUT2D eigenvalue weighted by Crippen LogP contribution is 2.31. The van der Waals surface area contributed by atoms with E-state index in [1.165, 1.54) is 7.11 Å². The van der Waals surface area contributed by atoms with Crippen LogP contribution in [0.5, 0.6) is 0 Å². The zero-order valence-corrected chi connectivity index (χ0v) is 7.06. The molecule has 0 aliphatic heterocycles. The van der Waals surface area contributed by atoms with Gasteiger partial charge in [-0.15, -0.1) is 12.4 Å². The summed E-state index contributed by atoms with van der Waals surface area (Å²) in [6, 6.07) is -0.0518. The number of nitrogens with two attached hydrogens (primary N) is 1. The van der Waals surface area contributed by atoms with Gasteiger partial charge in [0.25, 0.3) is 0 Å². The Balaban J connectivity index is 0.000001000. The minimum atomic E-state index is -1.28. The molecule has 66 valence electrons. The number of methoxy groups -OCH3 is 1. The fraction of sp³-hybridized carbons (Fsp3) is 0.833. The molecule has 1 saturated carbocycles. The summed E-state index contributed by atoms with van der Waals surface area (Å²) in [5.74, 6) is -0.575. The molecule has 0 heterocycles. The molecule has 1 aliphatic carbocycles. The number of hydrogen-bond donors (Lipinski definition) is 2. The lowest BCUT2D eigenvalue weighted by molar-refractivity contribution is -0.173. The largest absolute Gasteiger partial charge is 0.467 e. The third kappa shape index (κ3) is 1.83. The summed E-state index contributed by atoms with van der Waals surface area (Å²) in [5, 5.41) is 9.29. The van der Waals surface area contributed by atoms with E-state index in [1.54, 1.807) is 0 Å². The van der Waals surface area contributed by atoms with E-state index in [9.17, 15) is 9.90 Å². The second-order valence-corrected chi connectivity index (χ2v) is 2.69. The molecule has 1 rings (SSSR count).